The number of carbonyl (C=O) groups is 3. The molecule has 1 fully saturated rings. The number of carbonyl (C=O) groups excluding carboxylic acids is 2. The zero-order valence-electron chi connectivity index (χ0n) is 33.0. The van der Waals surface area contributed by atoms with Crippen LogP contribution < -0.4 is 50.9 Å². The molecule has 2 amide bonds. The number of phenols is 4. The van der Waals surface area contributed by atoms with Gasteiger partial charge in [0, 0.05) is 34.7 Å². The van der Waals surface area contributed by atoms with Gasteiger partial charge in [-0.15, -0.1) is 40.4 Å². The van der Waals surface area contributed by atoms with Gasteiger partial charge in [-0.1, -0.05) is 5.16 Å². The molecule has 7 rings (SSSR count). The summed E-state index contributed by atoms with van der Waals surface area (Å²) in [6.45, 7) is 1.44. The van der Waals surface area contributed by atoms with Gasteiger partial charge < -0.3 is 42.8 Å². The number of aromatic nitrogens is 1. The third kappa shape index (κ3) is 9.62. The van der Waals surface area contributed by atoms with Crippen LogP contribution in [-0.4, -0.2) is 127 Å². The van der Waals surface area contributed by atoms with Crippen LogP contribution in [0.1, 0.15) is 14.0 Å². The number of carboxylic acid groups (broad SMARTS) is 1. The van der Waals surface area contributed by atoms with Gasteiger partial charge in [0.15, 0.2) is 39.7 Å². The summed E-state index contributed by atoms with van der Waals surface area (Å²) >= 11 is 3.35. The first-order valence-corrected chi connectivity index (χ1v) is 23.2. The first kappa shape index (κ1) is 46.5. The van der Waals surface area contributed by atoms with Crippen LogP contribution in [0.5, 0.6) is 23.0 Å². The Morgan fingerprint density at radius 2 is 1.76 bits per heavy atom. The number of allylic oxidation sites excluding steroid dienone is 1. The molecule has 0 spiro atoms. The first-order valence-electron chi connectivity index (χ1n) is 17.2. The fourth-order valence-electron chi connectivity index (χ4n) is 5.89. The quantitative estimate of drug-likeness (QED) is 0.0247. The number of hydrogen-bond donors (Lipinski definition) is 9. The molecule has 3 aromatic rings. The Kier molecular flexibility index (Phi) is 13.8. The Hall–Kier alpha value is -5.04. The Morgan fingerprint density at radius 1 is 1.08 bits per heavy atom. The fourth-order valence-corrected chi connectivity index (χ4v) is 10.9. The summed E-state index contributed by atoms with van der Waals surface area (Å²) in [5, 5.41) is 59.0. The predicted octanol–water partition coefficient (Wildman–Crippen LogP) is -2.62. The molecule has 4 aliphatic rings. The van der Waals surface area contributed by atoms with E-state index in [0.717, 1.165) is 52.6 Å². The number of aliphatic imine (C=N–C) groups is 1. The molecule has 1 saturated heterocycles. The summed E-state index contributed by atoms with van der Waals surface area (Å²) in [4.78, 5) is 53.6. The largest absolute Gasteiger partial charge is 1.00 e. The zero-order valence-corrected chi connectivity index (χ0v) is 38.1. The summed E-state index contributed by atoms with van der Waals surface area (Å²) in [5.41, 5.74) is 8.79. The zero-order chi connectivity index (χ0) is 44.0. The van der Waals surface area contributed by atoms with Gasteiger partial charge in [-0.2, -0.15) is 4.72 Å². The molecule has 4 aliphatic heterocycles. The van der Waals surface area contributed by atoms with E-state index in [0.29, 0.717) is 22.1 Å². The number of thiazole rings is 1. The van der Waals surface area contributed by atoms with Crippen molar-refractivity contribution in [2.75, 3.05) is 29.8 Å². The number of rotatable bonds is 15. The van der Waals surface area contributed by atoms with Gasteiger partial charge in [0.1, 0.15) is 22.8 Å². The number of carboxylic acids is 1. The third-order valence-corrected chi connectivity index (χ3v) is 14.7. The van der Waals surface area contributed by atoms with Gasteiger partial charge in [0.05, 0.1) is 27.7 Å². The van der Waals surface area contributed by atoms with Crippen LogP contribution in [0.4, 0.5) is 5.13 Å². The second-order valence-corrected chi connectivity index (χ2v) is 19.7. The van der Waals surface area contributed by atoms with E-state index in [1.165, 1.54) is 40.1 Å². The molecule has 62 heavy (non-hydrogen) atoms. The van der Waals surface area contributed by atoms with Crippen molar-refractivity contribution in [1.82, 2.24) is 35.5 Å². The van der Waals surface area contributed by atoms with Gasteiger partial charge in [0.25, 0.3) is 11.8 Å². The molecule has 324 valence electrons. The van der Waals surface area contributed by atoms with Gasteiger partial charge in [0.2, 0.25) is 25.8 Å². The topological polar surface area (TPSA) is 339 Å². The third-order valence-electron chi connectivity index (χ3n) is 8.83. The number of nitrogens with two attached hydrogens (primary N) is 1. The van der Waals surface area contributed by atoms with E-state index in [9.17, 15) is 56.8 Å². The Labute approximate surface area is 387 Å². The number of amides is 2. The summed E-state index contributed by atoms with van der Waals surface area (Å²) < 4.78 is 53.6. The van der Waals surface area contributed by atoms with E-state index in [1.54, 1.807) is 18.0 Å². The molecule has 0 radical (unpaired) electrons. The number of nitrogens with one attached hydrogen (secondary N) is 3. The molecular formula is C33H33N10NaO13S5. The van der Waals surface area contributed by atoms with Crippen LogP contribution in [-0.2, 0) is 39.1 Å². The SMILES string of the molecule is CC1=NC2=CN(CNS(=O)(=O)c3ccc(O)c(O)c3)NN2C(SCC2=C(C(=O)O)N3C(=O)[C@@H](NC(=O)C(=NOCS(=O)(=O)c4ccc(O)c(O)c4)c4csc(N)n4)[C@H]3SC2)=C1.[H-].[Na+]. The number of oxime groups is 1. The van der Waals surface area contributed by atoms with Crippen LogP contribution in [0.25, 0.3) is 0 Å². The number of β-lactam (4-membered cyclic amide) rings is 1. The summed E-state index contributed by atoms with van der Waals surface area (Å²) in [6, 6.07) is 4.62. The second kappa shape index (κ2) is 18.4. The van der Waals surface area contributed by atoms with E-state index >= 15 is 0 Å². The molecule has 0 bridgehead atoms. The molecule has 23 nitrogen and oxygen atoms in total. The number of thioether (sulfide) groups is 2. The van der Waals surface area contributed by atoms with Crippen molar-refractivity contribution >= 4 is 89.1 Å². The Morgan fingerprint density at radius 3 is 2.40 bits per heavy atom. The van der Waals surface area contributed by atoms with Crippen LogP contribution >= 0.6 is 34.9 Å². The standard InChI is InChI=1S/C33H32N10O13S5.Na.H/c1-15-6-25(43-24(36-15)9-41(40-43)13-35-61(54,55)18-3-5-21(45)23(47)8-18)57-10-16-11-58-31-27(30(49)42(31)28(16)32(50)51)38-29(48)26(19-12-59-33(34)37-19)39-56-14-60(52,53)17-2-4-20(44)22(46)7-17;;/h2-9,12,27,31,35,40,44-47H,10-11,13-14H2,1H3,(H2,34,37)(H,38,48)(H,50,51);;/q;+1;-1/t27-,31-;;/m1../s1. The smallest absolute Gasteiger partial charge is 1.00 e. The number of aromatic hydroxyl groups is 4. The number of nitrogens with zero attached hydrogens (tertiary/aromatic N) is 6. The summed E-state index contributed by atoms with van der Waals surface area (Å²) in [7, 11) is -8.37. The Balaban J connectivity index is 0.00000374. The number of nitrogen functional groups attached to an aromatic ring is 1. The minimum atomic E-state index is -4.26. The van der Waals surface area contributed by atoms with Gasteiger partial charge >= 0.3 is 35.5 Å². The van der Waals surface area contributed by atoms with E-state index < -0.39 is 88.6 Å². The number of fused-ring (bicyclic) bond motifs is 2. The molecular weight excluding hydrogens is 928 g/mol. The summed E-state index contributed by atoms with van der Waals surface area (Å²) in [5.74, 6) is -5.94. The minimum absolute atomic E-state index is 0. The first-order chi connectivity index (χ1) is 28.8. The summed E-state index contributed by atoms with van der Waals surface area (Å²) in [6.07, 6.45) is 3.25. The molecule has 10 N–H and O–H groups in total. The van der Waals surface area contributed by atoms with Crippen molar-refractivity contribution in [2.24, 2.45) is 10.1 Å². The normalized spacial score (nSPS) is 18.8. The maximum Gasteiger partial charge on any atom is 1.00 e. The number of benzene rings is 2. The maximum atomic E-state index is 13.6. The van der Waals surface area contributed by atoms with Crippen molar-refractivity contribution in [2.45, 2.75) is 28.1 Å². The number of phenolic OH excluding ortho intramolecular Hbond substituents is 4. The fraction of sp³-hybridized carbons (Fsp3) is 0.212. The average Bonchev–Trinajstić information content (AvgIpc) is 3.83. The van der Waals surface area contributed by atoms with E-state index in [1.807, 2.05) is 0 Å². The van der Waals surface area contributed by atoms with E-state index in [4.69, 9.17) is 10.6 Å². The molecule has 1 aromatic heterocycles. The number of sulfonamides is 1. The second-order valence-electron chi connectivity index (χ2n) is 13.0. The monoisotopic (exact) mass is 960 g/mol. The van der Waals surface area contributed by atoms with Crippen molar-refractivity contribution in [1.29, 1.82) is 0 Å². The molecule has 0 saturated carbocycles. The van der Waals surface area contributed by atoms with Gasteiger partial charge in [-0.3, -0.25) is 19.5 Å². The molecule has 5 heterocycles. The number of anilines is 1. The Bertz CT molecular complexity index is 2750. The van der Waals surface area contributed by atoms with Crippen molar-refractivity contribution < 1.29 is 92.6 Å². The van der Waals surface area contributed by atoms with Crippen LogP contribution in [0.15, 0.2) is 96.1 Å². The molecule has 0 unspecified atom stereocenters. The van der Waals surface area contributed by atoms with E-state index in [2.05, 4.69) is 30.7 Å². The minimum Gasteiger partial charge on any atom is -1.00 e. The van der Waals surface area contributed by atoms with Crippen molar-refractivity contribution in [3.8, 4) is 23.0 Å². The number of aliphatic carboxylic acids is 1. The predicted molar refractivity (Wildman–Crippen MR) is 220 cm³/mol. The van der Waals surface area contributed by atoms with Gasteiger partial charge in [-0.25, -0.2) is 36.6 Å². The van der Waals surface area contributed by atoms with Gasteiger partial charge in [-0.05, 0) is 42.8 Å². The van der Waals surface area contributed by atoms with Crippen LogP contribution in [0.3, 0.4) is 0 Å². The van der Waals surface area contributed by atoms with Crippen molar-refractivity contribution in [3.63, 3.8) is 0 Å². The number of sulfone groups is 1. The molecule has 0 aliphatic carbocycles. The number of hydrogen-bond acceptors (Lipinski definition) is 22. The van der Waals surface area contributed by atoms with Crippen molar-refractivity contribution in [3.05, 3.63) is 81.9 Å². The number of hydrazine groups is 2. The van der Waals surface area contributed by atoms with E-state index in [-0.39, 0.29) is 70.6 Å². The average molecular weight is 961 g/mol. The maximum absolute atomic E-state index is 13.6. The molecule has 29 heteroatoms. The van der Waals surface area contributed by atoms with Crippen LogP contribution in [0.2, 0.25) is 0 Å². The molecule has 2 aromatic carbocycles. The van der Waals surface area contributed by atoms with Crippen LogP contribution in [0, 0.1) is 0 Å². The molecule has 2 atom stereocenters.